The van der Waals surface area contributed by atoms with Gasteiger partial charge in [0.25, 0.3) is 20.2 Å². The number of nitrogens with zero attached hydrogens (tertiary/aromatic N) is 7. The third kappa shape index (κ3) is 12.3. The van der Waals surface area contributed by atoms with Crippen LogP contribution in [-0.4, -0.2) is 66.2 Å². The molecule has 0 atom stereocenters. The molecule has 0 spiro atoms. The Morgan fingerprint density at radius 2 is 1.39 bits per heavy atom. The van der Waals surface area contributed by atoms with Crippen molar-refractivity contribution >= 4 is 87.9 Å². The van der Waals surface area contributed by atoms with Crippen molar-refractivity contribution < 1.29 is 73.2 Å². The number of anilines is 2. The minimum Gasteiger partial charge on any atom is -0.748 e. The van der Waals surface area contributed by atoms with E-state index >= 15 is 0 Å². The van der Waals surface area contributed by atoms with Crippen LogP contribution in [0.15, 0.2) is 84.8 Å². The van der Waals surface area contributed by atoms with Crippen molar-refractivity contribution in [1.82, 2.24) is 15.0 Å². The molecule has 4 rings (SSSR count). The zero-order chi connectivity index (χ0) is 35.3. The van der Waals surface area contributed by atoms with Gasteiger partial charge in [-0.1, -0.05) is 0 Å². The molecule has 0 aliphatic carbocycles. The summed E-state index contributed by atoms with van der Waals surface area (Å²) in [6, 6.07) is 11.1. The standard InChI is InChI=1S/C25H22Cl2N8O10S3.Na/c1-14-11-20(28-25-30-23(26)29-24(27)31-25)21(45-9-2-10-46(36,37)38)13-19(14)35-34-18-8-5-16(12-22(18)48(42,43)44)33-32-15-3-6-17(7-4-15)47(39,40)41;/h3-8,11-13H,2,9-10H2,1H3,(H,36,37,38)(H,39,40,41)(H,42,43,44)(H,28,29,30,31);/q;+1/p-1. The summed E-state index contributed by atoms with van der Waals surface area (Å²) >= 11 is 11.7. The average molecular weight is 784 g/mol. The number of halogens is 2. The first-order valence-electron chi connectivity index (χ1n) is 12.9. The van der Waals surface area contributed by atoms with Crippen LogP contribution in [0.4, 0.5) is 34.4 Å². The van der Waals surface area contributed by atoms with E-state index in [9.17, 15) is 34.4 Å². The van der Waals surface area contributed by atoms with Crippen molar-refractivity contribution in [3.8, 4) is 5.75 Å². The number of nitrogens with one attached hydrogen (secondary N) is 1. The predicted molar refractivity (Wildman–Crippen MR) is 170 cm³/mol. The van der Waals surface area contributed by atoms with Gasteiger partial charge in [-0.25, -0.2) is 8.42 Å². The second-order valence-electron chi connectivity index (χ2n) is 9.42. The summed E-state index contributed by atoms with van der Waals surface area (Å²) in [5, 5.41) is 18.3. The summed E-state index contributed by atoms with van der Waals surface area (Å²) in [6.07, 6.45) is -0.142. The van der Waals surface area contributed by atoms with Gasteiger partial charge >= 0.3 is 29.6 Å². The molecule has 1 heterocycles. The average Bonchev–Trinajstić information content (AvgIpc) is 2.97. The molecule has 0 bridgehead atoms. The van der Waals surface area contributed by atoms with E-state index < -0.39 is 41.0 Å². The molecular weight excluding hydrogens is 762 g/mol. The number of azo groups is 2. The number of rotatable bonds is 13. The van der Waals surface area contributed by atoms with Crippen LogP contribution in [0.3, 0.4) is 0 Å². The maximum absolute atomic E-state index is 12.2. The van der Waals surface area contributed by atoms with E-state index in [0.717, 1.165) is 18.2 Å². The number of hydrogen-bond acceptors (Lipinski definition) is 16. The maximum Gasteiger partial charge on any atom is 1.00 e. The monoisotopic (exact) mass is 782 g/mol. The summed E-state index contributed by atoms with van der Waals surface area (Å²) < 4.78 is 104. The quantitative estimate of drug-likeness (QED) is 0.0761. The second-order valence-corrected chi connectivity index (χ2v) is 14.4. The summed E-state index contributed by atoms with van der Waals surface area (Å²) in [7, 11) is -13.8. The molecule has 49 heavy (non-hydrogen) atoms. The van der Waals surface area contributed by atoms with Crippen molar-refractivity contribution in [2.45, 2.75) is 23.1 Å². The molecule has 0 unspecified atom stereocenters. The topological polar surface area (TPSA) is 275 Å². The van der Waals surface area contributed by atoms with Crippen LogP contribution in [0.25, 0.3) is 0 Å². The van der Waals surface area contributed by atoms with Gasteiger partial charge in [0.15, 0.2) is 0 Å². The molecule has 0 saturated heterocycles. The zero-order valence-electron chi connectivity index (χ0n) is 25.1. The Hall–Kier alpha value is -3.22. The second kappa shape index (κ2) is 16.7. The van der Waals surface area contributed by atoms with Gasteiger partial charge in [0.2, 0.25) is 16.5 Å². The molecule has 4 aromatic rings. The van der Waals surface area contributed by atoms with E-state index in [1.807, 2.05) is 0 Å². The molecule has 18 nitrogen and oxygen atoms in total. The molecule has 3 N–H and O–H groups in total. The molecule has 3 aromatic carbocycles. The molecule has 0 aliphatic rings. The number of aryl methyl sites for hydroxylation is 1. The van der Waals surface area contributed by atoms with Crippen molar-refractivity contribution in [2.24, 2.45) is 20.5 Å². The van der Waals surface area contributed by atoms with Gasteiger partial charge in [0.05, 0.1) is 44.4 Å². The fourth-order valence-electron chi connectivity index (χ4n) is 3.68. The Bertz CT molecular complexity index is 2230. The summed E-state index contributed by atoms with van der Waals surface area (Å²) in [5.74, 6) is -0.673. The summed E-state index contributed by atoms with van der Waals surface area (Å²) in [4.78, 5) is 10.5. The van der Waals surface area contributed by atoms with E-state index in [-0.39, 0.29) is 98.2 Å². The van der Waals surface area contributed by atoms with Crippen LogP contribution in [0.5, 0.6) is 5.75 Å². The van der Waals surface area contributed by atoms with Crippen molar-refractivity contribution in [3.05, 3.63) is 70.7 Å². The van der Waals surface area contributed by atoms with E-state index in [0.29, 0.717) is 5.56 Å². The van der Waals surface area contributed by atoms with Gasteiger partial charge in [-0.3, -0.25) is 9.11 Å². The van der Waals surface area contributed by atoms with Gasteiger partial charge < -0.3 is 14.6 Å². The Morgan fingerprint density at radius 3 is 1.98 bits per heavy atom. The Morgan fingerprint density at radius 1 is 0.796 bits per heavy atom. The minimum atomic E-state index is -4.86. The van der Waals surface area contributed by atoms with Crippen LogP contribution in [-0.2, 0) is 30.4 Å². The van der Waals surface area contributed by atoms with E-state index in [4.69, 9.17) is 32.5 Å². The Labute approximate surface area is 311 Å². The van der Waals surface area contributed by atoms with Gasteiger partial charge in [0.1, 0.15) is 16.3 Å². The van der Waals surface area contributed by atoms with Gasteiger partial charge in [-0.2, -0.15) is 47.1 Å². The van der Waals surface area contributed by atoms with Crippen LogP contribution in [0.2, 0.25) is 10.6 Å². The minimum absolute atomic E-state index is 0. The van der Waals surface area contributed by atoms with E-state index in [1.165, 1.54) is 36.4 Å². The molecule has 1 aromatic heterocycles. The van der Waals surface area contributed by atoms with Crippen molar-refractivity contribution in [3.63, 3.8) is 0 Å². The van der Waals surface area contributed by atoms with Crippen LogP contribution >= 0.6 is 23.2 Å². The van der Waals surface area contributed by atoms with Crippen molar-refractivity contribution in [1.29, 1.82) is 0 Å². The molecule has 254 valence electrons. The smallest absolute Gasteiger partial charge is 0.748 e. The molecule has 0 radical (unpaired) electrons. The summed E-state index contributed by atoms with van der Waals surface area (Å²) in [5.41, 5.74) is 0.713. The third-order valence-corrected chi connectivity index (χ3v) is 8.70. The maximum atomic E-state index is 12.2. The van der Waals surface area contributed by atoms with Crippen LogP contribution in [0.1, 0.15) is 12.0 Å². The number of hydrogen-bond donors (Lipinski definition) is 3. The van der Waals surface area contributed by atoms with E-state index in [2.05, 4.69) is 40.7 Å². The van der Waals surface area contributed by atoms with Crippen LogP contribution < -0.4 is 39.6 Å². The fourth-order valence-corrected chi connectivity index (χ4v) is 5.64. The predicted octanol–water partition coefficient (Wildman–Crippen LogP) is 2.87. The molecule has 0 fully saturated rings. The molecule has 0 saturated carbocycles. The van der Waals surface area contributed by atoms with Gasteiger partial charge in [-0.15, -0.1) is 5.11 Å². The van der Waals surface area contributed by atoms with Crippen molar-refractivity contribution in [2.75, 3.05) is 17.7 Å². The summed E-state index contributed by atoms with van der Waals surface area (Å²) in [6.45, 7) is 1.42. The van der Waals surface area contributed by atoms with Gasteiger partial charge in [0, 0.05) is 11.8 Å². The molecule has 24 heteroatoms. The SMILES string of the molecule is Cc1cc(Nc2nc(Cl)nc(Cl)n2)c(OCCCS(=O)(=O)[O-])cc1N=Nc1ccc(N=Nc2ccc(S(=O)(=O)O)cc2)cc1S(=O)(=O)O.[Na+]. The largest absolute Gasteiger partial charge is 1.00 e. The third-order valence-electron chi connectivity index (χ3n) is 5.82. The fraction of sp³-hybridized carbons (Fsp3) is 0.160. The first kappa shape index (κ1) is 40.2. The first-order valence-corrected chi connectivity index (χ1v) is 18.2. The number of ether oxygens (including phenoxy) is 1. The molecule has 0 amide bonds. The number of aromatic nitrogens is 3. The first-order chi connectivity index (χ1) is 22.4. The Kier molecular flexibility index (Phi) is 13.7. The van der Waals surface area contributed by atoms with Gasteiger partial charge in [-0.05, 0) is 90.6 Å². The zero-order valence-corrected chi connectivity index (χ0v) is 31.1. The molecular formula is C25H21Cl2N8NaO10S3. The van der Waals surface area contributed by atoms with Crippen LogP contribution in [0, 0.1) is 6.92 Å². The molecule has 0 aliphatic heterocycles. The number of benzene rings is 3. The Balaban J connectivity index is 0.00000650. The van der Waals surface area contributed by atoms with E-state index in [1.54, 1.807) is 6.92 Å². The normalized spacial score (nSPS) is 12.3.